The van der Waals surface area contributed by atoms with Crippen molar-refractivity contribution in [3.8, 4) is 0 Å². The number of amides is 4. The highest BCUT2D eigenvalue weighted by atomic mass is 16.6. The molecule has 0 spiro atoms. The molecule has 0 aliphatic heterocycles. The molecule has 0 aromatic heterocycles. The van der Waals surface area contributed by atoms with Crippen molar-refractivity contribution < 1.29 is 23.9 Å². The average Bonchev–Trinajstić information content (AvgIpc) is 3.61. The molecule has 3 aromatic rings. The normalized spacial score (nSPS) is 17.8. The zero-order valence-electron chi connectivity index (χ0n) is 23.2. The van der Waals surface area contributed by atoms with E-state index < -0.39 is 47.9 Å². The molecule has 0 radical (unpaired) electrons. The fraction of sp³-hybridized carbons (Fsp3) is 0.355. The molecule has 0 bridgehead atoms. The molecular weight excluding hydrogens is 508 g/mol. The predicted octanol–water partition coefficient (Wildman–Crippen LogP) is 4.53. The van der Waals surface area contributed by atoms with Gasteiger partial charge in [0, 0.05) is 11.7 Å². The van der Waals surface area contributed by atoms with Crippen LogP contribution in [0.1, 0.15) is 52.1 Å². The predicted molar refractivity (Wildman–Crippen MR) is 153 cm³/mol. The Hall–Kier alpha value is -4.40. The van der Waals surface area contributed by atoms with Gasteiger partial charge in [-0.15, -0.1) is 0 Å². The molecule has 3 aromatic carbocycles. The molecule has 4 unspecified atom stereocenters. The van der Waals surface area contributed by atoms with Gasteiger partial charge in [-0.05, 0) is 61.6 Å². The molecule has 4 atom stereocenters. The van der Waals surface area contributed by atoms with Crippen LogP contribution in [0.25, 0.3) is 10.8 Å². The Labute approximate surface area is 234 Å². The molecule has 1 aliphatic carbocycles. The molecule has 40 heavy (non-hydrogen) atoms. The van der Waals surface area contributed by atoms with Crippen LogP contribution >= 0.6 is 0 Å². The summed E-state index contributed by atoms with van der Waals surface area (Å²) in [6.45, 7) is 7.06. The van der Waals surface area contributed by atoms with E-state index in [0.717, 1.165) is 10.8 Å². The van der Waals surface area contributed by atoms with Crippen LogP contribution in [0.2, 0.25) is 0 Å². The van der Waals surface area contributed by atoms with E-state index in [1.807, 2.05) is 55.5 Å². The number of hydrogen-bond donors (Lipinski definition) is 3. The van der Waals surface area contributed by atoms with Gasteiger partial charge in [0.15, 0.2) is 0 Å². The highest BCUT2D eigenvalue weighted by Gasteiger charge is 2.48. The largest absolute Gasteiger partial charge is 0.444 e. The third-order valence-corrected chi connectivity index (χ3v) is 6.73. The number of ether oxygens (including phenoxy) is 1. The molecule has 4 amide bonds. The molecule has 1 saturated carbocycles. The molecule has 0 saturated heterocycles. The maximum atomic E-state index is 14.1. The van der Waals surface area contributed by atoms with Gasteiger partial charge in [-0.1, -0.05) is 67.6 Å². The molecular formula is C31H36N4O5. The number of carbonyl (C=O) groups excluding carboxylic acids is 4. The Balaban J connectivity index is 1.69. The summed E-state index contributed by atoms with van der Waals surface area (Å²) in [7, 11) is 0. The average molecular weight is 545 g/mol. The van der Waals surface area contributed by atoms with Crippen molar-refractivity contribution in [1.29, 1.82) is 0 Å². The standard InChI is InChI=1S/C31H36N4O5/c1-19-16-25(19)35(29(38)24(18-26(32)36)34-30(39)40-31(2,3)4)27(21-11-6-5-7-12-21)28(37)33-23-15-14-20-10-8-9-13-22(20)17-23/h5-15,17,19,24-25,27H,16,18H2,1-4H3,(H2,32,36)(H,33,37)(H,34,39). The maximum absolute atomic E-state index is 14.1. The van der Waals surface area contributed by atoms with E-state index in [9.17, 15) is 19.2 Å². The molecule has 4 rings (SSSR count). The zero-order valence-corrected chi connectivity index (χ0v) is 23.2. The van der Waals surface area contributed by atoms with Gasteiger partial charge in [0.2, 0.25) is 11.8 Å². The Kier molecular flexibility index (Phi) is 8.42. The minimum atomic E-state index is -1.31. The van der Waals surface area contributed by atoms with Gasteiger partial charge in [-0.25, -0.2) is 4.79 Å². The van der Waals surface area contributed by atoms with Crippen LogP contribution in [0.5, 0.6) is 0 Å². The summed E-state index contributed by atoms with van der Waals surface area (Å²) in [5, 5.41) is 7.49. The van der Waals surface area contributed by atoms with Gasteiger partial charge in [-0.3, -0.25) is 14.4 Å². The minimum absolute atomic E-state index is 0.124. The van der Waals surface area contributed by atoms with E-state index in [1.54, 1.807) is 45.0 Å². The van der Waals surface area contributed by atoms with Crippen molar-refractivity contribution in [3.63, 3.8) is 0 Å². The first-order valence-corrected chi connectivity index (χ1v) is 13.4. The van der Waals surface area contributed by atoms with Crippen LogP contribution in [0.3, 0.4) is 0 Å². The van der Waals surface area contributed by atoms with Crippen molar-refractivity contribution in [3.05, 3.63) is 78.4 Å². The number of primary amides is 1. The SMILES string of the molecule is CC1CC1N(C(=O)C(CC(N)=O)NC(=O)OC(C)(C)C)C(C(=O)Nc1ccc2ccccc2c1)c1ccccc1. The van der Waals surface area contributed by atoms with Gasteiger partial charge in [-0.2, -0.15) is 0 Å². The second-order valence-corrected chi connectivity index (χ2v) is 11.3. The van der Waals surface area contributed by atoms with Crippen molar-refractivity contribution >= 4 is 40.3 Å². The lowest BCUT2D eigenvalue weighted by atomic mass is 10.0. The fourth-order valence-corrected chi connectivity index (χ4v) is 4.75. The second-order valence-electron chi connectivity index (χ2n) is 11.3. The highest BCUT2D eigenvalue weighted by molar-refractivity contribution is 6.01. The van der Waals surface area contributed by atoms with Crippen molar-refractivity contribution in [2.45, 2.75) is 64.3 Å². The first-order chi connectivity index (χ1) is 18.9. The maximum Gasteiger partial charge on any atom is 0.408 e. The summed E-state index contributed by atoms with van der Waals surface area (Å²) < 4.78 is 5.33. The van der Waals surface area contributed by atoms with Gasteiger partial charge >= 0.3 is 6.09 Å². The summed E-state index contributed by atoms with van der Waals surface area (Å²) in [5.74, 6) is -1.64. The molecule has 1 aliphatic rings. The number of anilines is 1. The van der Waals surface area contributed by atoms with Gasteiger partial charge in [0.1, 0.15) is 17.7 Å². The Morgan fingerprint density at radius 2 is 1.60 bits per heavy atom. The monoisotopic (exact) mass is 544 g/mol. The number of benzene rings is 3. The minimum Gasteiger partial charge on any atom is -0.444 e. The van der Waals surface area contributed by atoms with E-state index in [2.05, 4.69) is 10.6 Å². The summed E-state index contributed by atoms with van der Waals surface area (Å²) >= 11 is 0. The van der Waals surface area contributed by atoms with E-state index in [1.165, 1.54) is 4.90 Å². The quantitative estimate of drug-likeness (QED) is 0.364. The summed E-state index contributed by atoms with van der Waals surface area (Å²) in [5.41, 5.74) is 5.83. The van der Waals surface area contributed by atoms with Crippen LogP contribution in [0.4, 0.5) is 10.5 Å². The number of rotatable bonds is 9. The third-order valence-electron chi connectivity index (χ3n) is 6.73. The van der Waals surface area contributed by atoms with Crippen LogP contribution in [0.15, 0.2) is 72.8 Å². The number of alkyl carbamates (subject to hydrolysis) is 1. The first-order valence-electron chi connectivity index (χ1n) is 13.4. The molecule has 9 nitrogen and oxygen atoms in total. The van der Waals surface area contributed by atoms with Crippen LogP contribution in [0, 0.1) is 5.92 Å². The second kappa shape index (κ2) is 11.8. The van der Waals surface area contributed by atoms with Gasteiger partial charge in [0.05, 0.1) is 6.42 Å². The first kappa shape index (κ1) is 28.6. The lowest BCUT2D eigenvalue weighted by Crippen LogP contribution is -2.54. The van der Waals surface area contributed by atoms with E-state index in [0.29, 0.717) is 17.7 Å². The van der Waals surface area contributed by atoms with Crippen molar-refractivity contribution in [1.82, 2.24) is 10.2 Å². The smallest absolute Gasteiger partial charge is 0.408 e. The van der Waals surface area contributed by atoms with E-state index >= 15 is 0 Å². The molecule has 9 heteroatoms. The van der Waals surface area contributed by atoms with Crippen LogP contribution in [-0.2, 0) is 19.1 Å². The van der Waals surface area contributed by atoms with Crippen molar-refractivity contribution in [2.75, 3.05) is 5.32 Å². The summed E-state index contributed by atoms with van der Waals surface area (Å²) in [6.07, 6.45) is -0.620. The van der Waals surface area contributed by atoms with E-state index in [-0.39, 0.29) is 12.0 Å². The molecule has 4 N–H and O–H groups in total. The lowest BCUT2D eigenvalue weighted by molar-refractivity contribution is -0.142. The van der Waals surface area contributed by atoms with Crippen LogP contribution < -0.4 is 16.4 Å². The molecule has 1 fully saturated rings. The van der Waals surface area contributed by atoms with Crippen LogP contribution in [-0.4, -0.2) is 46.4 Å². The summed E-state index contributed by atoms with van der Waals surface area (Å²) in [4.78, 5) is 54.2. The number of nitrogens with zero attached hydrogens (tertiary/aromatic N) is 1. The Morgan fingerprint density at radius 3 is 2.20 bits per heavy atom. The van der Waals surface area contributed by atoms with Gasteiger partial charge in [0.25, 0.3) is 5.91 Å². The topological polar surface area (TPSA) is 131 Å². The molecule has 0 heterocycles. The highest BCUT2D eigenvalue weighted by Crippen LogP contribution is 2.41. The van der Waals surface area contributed by atoms with E-state index in [4.69, 9.17) is 10.5 Å². The Morgan fingerprint density at radius 1 is 0.975 bits per heavy atom. The lowest BCUT2D eigenvalue weighted by Gasteiger charge is -2.35. The summed E-state index contributed by atoms with van der Waals surface area (Å²) in [6, 6.07) is 19.8. The molecule has 210 valence electrons. The number of nitrogens with two attached hydrogens (primary N) is 1. The third kappa shape index (κ3) is 7.16. The number of nitrogens with one attached hydrogen (secondary N) is 2. The number of fused-ring (bicyclic) bond motifs is 1. The fourth-order valence-electron chi connectivity index (χ4n) is 4.75. The number of carbonyl (C=O) groups is 4. The van der Waals surface area contributed by atoms with Crippen molar-refractivity contribution in [2.24, 2.45) is 11.7 Å². The number of hydrogen-bond acceptors (Lipinski definition) is 5. The Bertz CT molecular complexity index is 1400. The van der Waals surface area contributed by atoms with Gasteiger partial charge < -0.3 is 26.0 Å². The zero-order chi connectivity index (χ0) is 29.0.